The van der Waals surface area contributed by atoms with Gasteiger partial charge in [-0.05, 0) is 61.1 Å². The molecule has 0 fully saturated rings. The number of carbonyl (C=O) groups excluding carboxylic acids is 1. The SMILES string of the molecule is CC1(O)CCc2c1cc(Cl)c(NC(=O)NCCc1ccc(F)cc1)c2Cl. The summed E-state index contributed by atoms with van der Waals surface area (Å²) in [6, 6.07) is 7.34. The largest absolute Gasteiger partial charge is 0.385 e. The van der Waals surface area contributed by atoms with Crippen LogP contribution in [0.5, 0.6) is 0 Å². The zero-order valence-corrected chi connectivity index (χ0v) is 15.7. The van der Waals surface area contributed by atoms with E-state index in [2.05, 4.69) is 10.6 Å². The van der Waals surface area contributed by atoms with E-state index in [9.17, 15) is 14.3 Å². The van der Waals surface area contributed by atoms with Crippen molar-refractivity contribution in [2.24, 2.45) is 0 Å². The lowest BCUT2D eigenvalue weighted by atomic mass is 9.98. The normalized spacial score (nSPS) is 18.5. The monoisotopic (exact) mass is 396 g/mol. The van der Waals surface area contributed by atoms with Gasteiger partial charge in [0.25, 0.3) is 0 Å². The molecule has 0 radical (unpaired) electrons. The Morgan fingerprint density at radius 2 is 2.00 bits per heavy atom. The topological polar surface area (TPSA) is 61.4 Å². The highest BCUT2D eigenvalue weighted by molar-refractivity contribution is 6.40. The summed E-state index contributed by atoms with van der Waals surface area (Å²) in [5.41, 5.74) is 1.81. The third-order valence-corrected chi connectivity index (χ3v) is 5.33. The second-order valence-corrected chi connectivity index (χ2v) is 7.39. The number of benzene rings is 2. The molecule has 0 aliphatic heterocycles. The maximum absolute atomic E-state index is 12.9. The van der Waals surface area contributed by atoms with Crippen LogP contribution in [0.25, 0.3) is 0 Å². The first-order valence-corrected chi connectivity index (χ1v) is 9.06. The van der Waals surface area contributed by atoms with Crippen molar-refractivity contribution in [1.82, 2.24) is 5.32 Å². The molecule has 2 amide bonds. The van der Waals surface area contributed by atoms with Crippen LogP contribution in [0.2, 0.25) is 10.0 Å². The Kier molecular flexibility index (Phi) is 5.42. The Hall–Kier alpha value is -1.82. The number of anilines is 1. The Morgan fingerprint density at radius 1 is 1.31 bits per heavy atom. The lowest BCUT2D eigenvalue weighted by Gasteiger charge is -2.20. The minimum absolute atomic E-state index is 0.282. The van der Waals surface area contributed by atoms with Gasteiger partial charge in [0, 0.05) is 6.54 Å². The summed E-state index contributed by atoms with van der Waals surface area (Å²) in [4.78, 5) is 12.1. The number of amides is 2. The van der Waals surface area contributed by atoms with Gasteiger partial charge in [-0.3, -0.25) is 0 Å². The molecule has 0 bridgehead atoms. The summed E-state index contributed by atoms with van der Waals surface area (Å²) in [6.07, 6.45) is 1.76. The molecule has 1 atom stereocenters. The zero-order chi connectivity index (χ0) is 18.9. The lowest BCUT2D eigenvalue weighted by Crippen LogP contribution is -2.30. The molecule has 3 N–H and O–H groups in total. The van der Waals surface area contributed by atoms with Crippen molar-refractivity contribution < 1.29 is 14.3 Å². The number of rotatable bonds is 4. The predicted molar refractivity (Wildman–Crippen MR) is 101 cm³/mol. The first-order valence-electron chi connectivity index (χ1n) is 8.31. The zero-order valence-electron chi connectivity index (χ0n) is 14.2. The van der Waals surface area contributed by atoms with E-state index in [-0.39, 0.29) is 10.8 Å². The van der Waals surface area contributed by atoms with E-state index in [1.165, 1.54) is 12.1 Å². The summed E-state index contributed by atoms with van der Waals surface area (Å²) in [5, 5.41) is 16.4. The summed E-state index contributed by atoms with van der Waals surface area (Å²) < 4.78 is 12.9. The molecule has 7 heteroatoms. The second kappa shape index (κ2) is 7.43. The molecule has 3 rings (SSSR count). The quantitative estimate of drug-likeness (QED) is 0.703. The van der Waals surface area contributed by atoms with Gasteiger partial charge in [-0.1, -0.05) is 35.3 Å². The average Bonchev–Trinajstić information content (AvgIpc) is 2.88. The molecule has 4 nitrogen and oxygen atoms in total. The van der Waals surface area contributed by atoms with Gasteiger partial charge in [-0.15, -0.1) is 0 Å². The van der Waals surface area contributed by atoms with Crippen molar-refractivity contribution >= 4 is 34.9 Å². The Morgan fingerprint density at radius 3 is 2.69 bits per heavy atom. The number of urea groups is 1. The minimum atomic E-state index is -0.960. The molecule has 0 spiro atoms. The van der Waals surface area contributed by atoms with Crippen molar-refractivity contribution in [3.05, 3.63) is 62.9 Å². The second-order valence-electron chi connectivity index (χ2n) is 6.60. The predicted octanol–water partition coefficient (Wildman–Crippen LogP) is 4.65. The number of hydrogen-bond donors (Lipinski definition) is 3. The van der Waals surface area contributed by atoms with Crippen molar-refractivity contribution in [3.8, 4) is 0 Å². The van der Waals surface area contributed by atoms with Gasteiger partial charge >= 0.3 is 6.03 Å². The minimum Gasteiger partial charge on any atom is -0.385 e. The molecule has 1 unspecified atom stereocenters. The van der Waals surface area contributed by atoms with E-state index in [0.717, 1.165) is 11.1 Å². The van der Waals surface area contributed by atoms with Crippen LogP contribution in [0, 0.1) is 5.82 Å². The Balaban J connectivity index is 1.64. The van der Waals surface area contributed by atoms with Crippen molar-refractivity contribution in [3.63, 3.8) is 0 Å². The van der Waals surface area contributed by atoms with E-state index in [4.69, 9.17) is 23.2 Å². The van der Waals surface area contributed by atoms with Crippen molar-refractivity contribution in [2.75, 3.05) is 11.9 Å². The fourth-order valence-electron chi connectivity index (χ4n) is 3.13. The van der Waals surface area contributed by atoms with E-state index >= 15 is 0 Å². The molecule has 2 aromatic rings. The lowest BCUT2D eigenvalue weighted by molar-refractivity contribution is 0.0595. The highest BCUT2D eigenvalue weighted by atomic mass is 35.5. The highest BCUT2D eigenvalue weighted by Crippen LogP contribution is 2.45. The van der Waals surface area contributed by atoms with Gasteiger partial charge in [0.15, 0.2) is 0 Å². The van der Waals surface area contributed by atoms with Gasteiger partial charge in [0.2, 0.25) is 0 Å². The molecule has 0 saturated carbocycles. The molecular weight excluding hydrogens is 378 g/mol. The number of aliphatic hydroxyl groups is 1. The molecule has 1 aliphatic carbocycles. The molecule has 26 heavy (non-hydrogen) atoms. The van der Waals surface area contributed by atoms with Gasteiger partial charge < -0.3 is 15.7 Å². The fraction of sp³-hybridized carbons (Fsp3) is 0.316. The van der Waals surface area contributed by atoms with Gasteiger partial charge in [0.1, 0.15) is 5.82 Å². The van der Waals surface area contributed by atoms with Gasteiger partial charge in [-0.2, -0.15) is 0 Å². The van der Waals surface area contributed by atoms with Crippen LogP contribution in [0.15, 0.2) is 30.3 Å². The van der Waals surface area contributed by atoms with Crippen LogP contribution in [0.3, 0.4) is 0 Å². The first-order chi connectivity index (χ1) is 12.3. The summed E-state index contributed by atoms with van der Waals surface area (Å²) in [6.45, 7) is 2.10. The maximum atomic E-state index is 12.9. The first kappa shape index (κ1) is 19.0. The number of nitrogens with one attached hydrogen (secondary N) is 2. The van der Waals surface area contributed by atoms with Crippen LogP contribution in [-0.2, 0) is 18.4 Å². The number of carbonyl (C=O) groups is 1. The third kappa shape index (κ3) is 3.95. The smallest absolute Gasteiger partial charge is 0.319 e. The number of hydrogen-bond acceptors (Lipinski definition) is 2. The standard InChI is InChI=1S/C19H19Cl2FN2O2/c1-19(26)8-6-13-14(19)10-15(20)17(16(13)21)24-18(25)23-9-7-11-2-4-12(22)5-3-11/h2-5,10,26H,6-9H2,1H3,(H2,23,24,25). The maximum Gasteiger partial charge on any atom is 0.319 e. The van der Waals surface area contributed by atoms with Crippen molar-refractivity contribution in [2.45, 2.75) is 31.8 Å². The van der Waals surface area contributed by atoms with Crippen LogP contribution in [0.4, 0.5) is 14.9 Å². The third-order valence-electron chi connectivity index (χ3n) is 4.61. The molecule has 0 aromatic heterocycles. The van der Waals surface area contributed by atoms with Crippen LogP contribution < -0.4 is 10.6 Å². The van der Waals surface area contributed by atoms with E-state index in [1.807, 2.05) is 0 Å². The highest BCUT2D eigenvalue weighted by Gasteiger charge is 2.35. The van der Waals surface area contributed by atoms with Crippen LogP contribution >= 0.6 is 23.2 Å². The van der Waals surface area contributed by atoms with Gasteiger partial charge in [-0.25, -0.2) is 9.18 Å². The summed E-state index contributed by atoms with van der Waals surface area (Å²) in [7, 11) is 0. The average molecular weight is 397 g/mol. The van der Waals surface area contributed by atoms with Gasteiger partial charge in [0.05, 0.1) is 21.3 Å². The molecule has 138 valence electrons. The molecular formula is C19H19Cl2FN2O2. The number of fused-ring (bicyclic) bond motifs is 1. The van der Waals surface area contributed by atoms with E-state index < -0.39 is 11.6 Å². The molecule has 2 aromatic carbocycles. The number of halogens is 3. The van der Waals surface area contributed by atoms with Crippen LogP contribution in [-0.4, -0.2) is 17.7 Å². The van der Waals surface area contributed by atoms with E-state index in [1.54, 1.807) is 25.1 Å². The van der Waals surface area contributed by atoms with Crippen LogP contribution in [0.1, 0.15) is 30.0 Å². The van der Waals surface area contributed by atoms with Crippen molar-refractivity contribution in [1.29, 1.82) is 0 Å². The fourth-order valence-corrected chi connectivity index (χ4v) is 3.78. The summed E-state index contributed by atoms with van der Waals surface area (Å²) >= 11 is 12.7. The Labute approximate surface area is 161 Å². The molecule has 0 heterocycles. The van der Waals surface area contributed by atoms with E-state index in [0.29, 0.717) is 42.1 Å². The molecule has 0 saturated heterocycles. The molecule has 1 aliphatic rings. The Bertz CT molecular complexity index is 838. The summed E-state index contributed by atoms with van der Waals surface area (Å²) in [5.74, 6) is -0.292.